The Bertz CT molecular complexity index is 470. The van der Waals surface area contributed by atoms with E-state index in [2.05, 4.69) is 25.9 Å². The summed E-state index contributed by atoms with van der Waals surface area (Å²) in [7, 11) is 0. The number of halogens is 1. The van der Waals surface area contributed by atoms with Gasteiger partial charge in [-0.3, -0.25) is 0 Å². The molecule has 0 radical (unpaired) electrons. The number of nitrogens with two attached hydrogens (primary N) is 1. The molecule has 0 spiro atoms. The van der Waals surface area contributed by atoms with Crippen molar-refractivity contribution in [2.75, 3.05) is 6.54 Å². The first-order valence-electron chi connectivity index (χ1n) is 5.22. The first-order valence-corrected chi connectivity index (χ1v) is 6.01. The van der Waals surface area contributed by atoms with E-state index < -0.39 is 0 Å². The third-order valence-electron chi connectivity index (χ3n) is 2.10. The highest BCUT2D eigenvalue weighted by molar-refractivity contribution is 9.10. The van der Waals surface area contributed by atoms with Crippen LogP contribution >= 0.6 is 15.9 Å². The van der Waals surface area contributed by atoms with E-state index in [0.29, 0.717) is 18.7 Å². The van der Waals surface area contributed by atoms with Gasteiger partial charge in [0.15, 0.2) is 5.75 Å². The molecule has 0 fully saturated rings. The molecule has 17 heavy (non-hydrogen) atoms. The summed E-state index contributed by atoms with van der Waals surface area (Å²) in [6, 6.07) is 7.58. The fraction of sp³-hybridized carbons (Fsp3) is 0.167. The van der Waals surface area contributed by atoms with E-state index in [1.165, 1.54) is 0 Å². The predicted octanol–water partition coefficient (Wildman–Crippen LogP) is 2.53. The van der Waals surface area contributed by atoms with Crippen molar-refractivity contribution in [2.24, 2.45) is 5.73 Å². The van der Waals surface area contributed by atoms with Gasteiger partial charge >= 0.3 is 0 Å². The van der Waals surface area contributed by atoms with Gasteiger partial charge in [-0.15, -0.1) is 0 Å². The Hall–Kier alpha value is -1.46. The average Bonchev–Trinajstić information content (AvgIpc) is 2.35. The minimum atomic E-state index is 0.549. The van der Waals surface area contributed by atoms with Gasteiger partial charge in [0, 0.05) is 10.9 Å². The lowest BCUT2D eigenvalue weighted by Gasteiger charge is -2.05. The average molecular weight is 294 g/mol. The maximum Gasteiger partial charge on any atom is 0.164 e. The Kier molecular flexibility index (Phi) is 4.06. The molecule has 0 atom stereocenters. The molecule has 88 valence electrons. The molecule has 0 saturated heterocycles. The van der Waals surface area contributed by atoms with Crippen LogP contribution in [0.2, 0.25) is 0 Å². The molecule has 4 nitrogen and oxygen atoms in total. The zero-order valence-corrected chi connectivity index (χ0v) is 10.7. The van der Waals surface area contributed by atoms with Gasteiger partial charge in [0.1, 0.15) is 11.6 Å². The van der Waals surface area contributed by atoms with Crippen LogP contribution in [0, 0.1) is 0 Å². The van der Waals surface area contributed by atoms with Crippen LogP contribution in [0.3, 0.4) is 0 Å². The summed E-state index contributed by atoms with van der Waals surface area (Å²) in [5, 5.41) is 0. The largest absolute Gasteiger partial charge is 0.454 e. The van der Waals surface area contributed by atoms with E-state index in [9.17, 15) is 0 Å². The Morgan fingerprint density at radius 2 is 1.71 bits per heavy atom. The van der Waals surface area contributed by atoms with Crippen LogP contribution in [0.1, 0.15) is 5.82 Å². The van der Waals surface area contributed by atoms with Crippen LogP contribution in [0.4, 0.5) is 0 Å². The van der Waals surface area contributed by atoms with Gasteiger partial charge < -0.3 is 10.5 Å². The predicted molar refractivity (Wildman–Crippen MR) is 69.0 cm³/mol. The highest BCUT2D eigenvalue weighted by Crippen LogP contribution is 2.21. The van der Waals surface area contributed by atoms with Gasteiger partial charge in [-0.2, -0.15) is 0 Å². The van der Waals surface area contributed by atoms with Crippen LogP contribution in [0.5, 0.6) is 11.5 Å². The van der Waals surface area contributed by atoms with Crippen molar-refractivity contribution < 1.29 is 4.74 Å². The topological polar surface area (TPSA) is 61.0 Å². The molecule has 1 aromatic heterocycles. The standard InChI is InChI=1S/C12H12BrN3O/c13-9-1-3-10(4-2-9)17-11-7-15-12(5-6-14)16-8-11/h1-4,7-8H,5-6,14H2. The summed E-state index contributed by atoms with van der Waals surface area (Å²) in [6.45, 7) is 0.549. The molecular formula is C12H12BrN3O. The molecule has 0 aliphatic heterocycles. The monoisotopic (exact) mass is 293 g/mol. The number of benzene rings is 1. The van der Waals surface area contributed by atoms with Crippen LogP contribution in [-0.4, -0.2) is 16.5 Å². The molecule has 1 aromatic carbocycles. The molecule has 0 unspecified atom stereocenters. The van der Waals surface area contributed by atoms with Crippen molar-refractivity contribution in [3.63, 3.8) is 0 Å². The number of aromatic nitrogens is 2. The first kappa shape index (κ1) is 12.0. The quantitative estimate of drug-likeness (QED) is 0.941. The summed E-state index contributed by atoms with van der Waals surface area (Å²) in [4.78, 5) is 8.31. The fourth-order valence-electron chi connectivity index (χ4n) is 1.29. The number of hydrogen-bond acceptors (Lipinski definition) is 4. The Morgan fingerprint density at radius 3 is 2.29 bits per heavy atom. The lowest BCUT2D eigenvalue weighted by Crippen LogP contribution is -2.06. The van der Waals surface area contributed by atoms with E-state index in [0.717, 1.165) is 16.0 Å². The van der Waals surface area contributed by atoms with E-state index in [4.69, 9.17) is 10.5 Å². The van der Waals surface area contributed by atoms with Crippen LogP contribution in [0.15, 0.2) is 41.1 Å². The molecule has 0 aliphatic carbocycles. The van der Waals surface area contributed by atoms with Gasteiger partial charge in [-0.05, 0) is 30.8 Å². The number of rotatable bonds is 4. The summed E-state index contributed by atoms with van der Waals surface area (Å²) in [5.74, 6) is 2.10. The van der Waals surface area contributed by atoms with Crippen molar-refractivity contribution in [1.29, 1.82) is 0 Å². The number of hydrogen-bond donors (Lipinski definition) is 1. The maximum atomic E-state index is 5.59. The summed E-state index contributed by atoms with van der Waals surface area (Å²) < 4.78 is 6.60. The molecule has 0 amide bonds. The number of ether oxygens (including phenoxy) is 1. The van der Waals surface area contributed by atoms with Crippen molar-refractivity contribution in [1.82, 2.24) is 9.97 Å². The minimum absolute atomic E-state index is 0.549. The van der Waals surface area contributed by atoms with Crippen LogP contribution < -0.4 is 10.5 Å². The molecule has 2 rings (SSSR count). The molecular weight excluding hydrogens is 282 g/mol. The van der Waals surface area contributed by atoms with Crippen molar-refractivity contribution in [2.45, 2.75) is 6.42 Å². The molecule has 0 bridgehead atoms. The van der Waals surface area contributed by atoms with E-state index in [1.807, 2.05) is 24.3 Å². The minimum Gasteiger partial charge on any atom is -0.454 e. The van der Waals surface area contributed by atoms with Crippen molar-refractivity contribution in [3.05, 3.63) is 47.0 Å². The Balaban J connectivity index is 2.05. The summed E-state index contributed by atoms with van der Waals surface area (Å²) in [5.41, 5.74) is 5.42. The molecule has 1 heterocycles. The van der Waals surface area contributed by atoms with Gasteiger partial charge in [0.2, 0.25) is 0 Å². The second kappa shape index (κ2) is 5.75. The summed E-state index contributed by atoms with van der Waals surface area (Å²) in [6.07, 6.45) is 3.98. The van der Waals surface area contributed by atoms with Gasteiger partial charge in [0.05, 0.1) is 12.4 Å². The smallest absolute Gasteiger partial charge is 0.164 e. The molecule has 0 aliphatic rings. The lowest BCUT2D eigenvalue weighted by molar-refractivity contribution is 0.476. The maximum absolute atomic E-state index is 5.59. The third kappa shape index (κ3) is 3.51. The van der Waals surface area contributed by atoms with E-state index in [-0.39, 0.29) is 0 Å². The van der Waals surface area contributed by atoms with Crippen LogP contribution in [-0.2, 0) is 6.42 Å². The van der Waals surface area contributed by atoms with E-state index >= 15 is 0 Å². The molecule has 2 aromatic rings. The van der Waals surface area contributed by atoms with Gasteiger partial charge in [-0.1, -0.05) is 15.9 Å². The Morgan fingerprint density at radius 1 is 1.06 bits per heavy atom. The molecule has 0 saturated carbocycles. The number of nitrogens with zero attached hydrogens (tertiary/aromatic N) is 2. The lowest BCUT2D eigenvalue weighted by atomic mass is 10.3. The van der Waals surface area contributed by atoms with Gasteiger partial charge in [-0.25, -0.2) is 9.97 Å². The fourth-order valence-corrected chi connectivity index (χ4v) is 1.56. The van der Waals surface area contributed by atoms with Crippen molar-refractivity contribution >= 4 is 15.9 Å². The van der Waals surface area contributed by atoms with Gasteiger partial charge in [0.25, 0.3) is 0 Å². The van der Waals surface area contributed by atoms with Crippen molar-refractivity contribution in [3.8, 4) is 11.5 Å². The second-order valence-corrected chi connectivity index (χ2v) is 4.35. The SMILES string of the molecule is NCCc1ncc(Oc2ccc(Br)cc2)cn1. The summed E-state index contributed by atoms with van der Waals surface area (Å²) >= 11 is 3.37. The van der Waals surface area contributed by atoms with Crippen LogP contribution in [0.25, 0.3) is 0 Å². The zero-order chi connectivity index (χ0) is 12.1. The third-order valence-corrected chi connectivity index (χ3v) is 2.63. The second-order valence-electron chi connectivity index (χ2n) is 3.43. The van der Waals surface area contributed by atoms with E-state index in [1.54, 1.807) is 12.4 Å². The highest BCUT2D eigenvalue weighted by atomic mass is 79.9. The normalized spacial score (nSPS) is 10.2. The zero-order valence-electron chi connectivity index (χ0n) is 9.14. The highest BCUT2D eigenvalue weighted by Gasteiger charge is 1.99. The first-order chi connectivity index (χ1) is 8.28. The molecule has 5 heteroatoms. The Labute approximate surface area is 108 Å². The molecule has 2 N–H and O–H groups in total.